The van der Waals surface area contributed by atoms with Crippen LogP contribution in [0.3, 0.4) is 0 Å². The topological polar surface area (TPSA) is 59.2 Å². The van der Waals surface area contributed by atoms with Gasteiger partial charge in [-0.1, -0.05) is 11.2 Å². The molecule has 6 heteroatoms. The van der Waals surface area contributed by atoms with Gasteiger partial charge in [0.25, 0.3) is 0 Å². The molecular weight excluding hydrogens is 244 g/mol. The van der Waals surface area contributed by atoms with E-state index in [-0.39, 0.29) is 6.61 Å². The Bertz CT molecular complexity index is 414. The number of aliphatic hydroxyl groups is 1. The maximum Gasteiger partial charge on any atom is 0.236 e. The molecule has 2 heterocycles. The van der Waals surface area contributed by atoms with Crippen LogP contribution in [-0.4, -0.2) is 27.6 Å². The Kier molecular flexibility index (Phi) is 4.38. The fourth-order valence-electron chi connectivity index (χ4n) is 1.15. The predicted octanol–water partition coefficient (Wildman–Crippen LogP) is 2.41. The number of aliphatic hydroxyl groups excluding tert-OH is 1. The molecule has 0 radical (unpaired) electrons. The van der Waals surface area contributed by atoms with E-state index < -0.39 is 0 Å². The number of nitrogens with zero attached hydrogens (tertiary/aromatic N) is 2. The third-order valence-electron chi connectivity index (χ3n) is 1.88. The minimum atomic E-state index is 0.233. The van der Waals surface area contributed by atoms with E-state index in [1.165, 1.54) is 0 Å². The quantitative estimate of drug-likeness (QED) is 0.804. The number of aromatic nitrogens is 2. The van der Waals surface area contributed by atoms with Gasteiger partial charge in [0.1, 0.15) is 0 Å². The van der Waals surface area contributed by atoms with Crippen LogP contribution >= 0.6 is 23.1 Å². The van der Waals surface area contributed by atoms with E-state index in [1.807, 2.05) is 17.5 Å². The highest BCUT2D eigenvalue weighted by molar-refractivity contribution is 7.98. The summed E-state index contributed by atoms with van der Waals surface area (Å²) in [6.07, 6.45) is 0.802. The SMILES string of the molecule is OCCCSCc1nc(-c2cccs2)no1. The van der Waals surface area contributed by atoms with Gasteiger partial charge in [0.2, 0.25) is 11.7 Å². The number of hydrogen-bond donors (Lipinski definition) is 1. The first-order valence-corrected chi connectivity index (χ1v) is 6.98. The molecule has 16 heavy (non-hydrogen) atoms. The van der Waals surface area contributed by atoms with Gasteiger partial charge in [0, 0.05) is 6.61 Å². The molecule has 0 spiro atoms. The monoisotopic (exact) mass is 256 g/mol. The summed E-state index contributed by atoms with van der Waals surface area (Å²) in [7, 11) is 0. The Balaban J connectivity index is 1.88. The molecule has 1 N–H and O–H groups in total. The molecule has 0 aliphatic heterocycles. The van der Waals surface area contributed by atoms with Crippen molar-refractivity contribution in [2.24, 2.45) is 0 Å². The van der Waals surface area contributed by atoms with Gasteiger partial charge in [-0.15, -0.1) is 11.3 Å². The Labute approximate surface area is 102 Å². The van der Waals surface area contributed by atoms with Gasteiger partial charge in [-0.2, -0.15) is 16.7 Å². The Morgan fingerprint density at radius 3 is 3.19 bits per heavy atom. The average molecular weight is 256 g/mol. The van der Waals surface area contributed by atoms with E-state index in [0.29, 0.717) is 17.5 Å². The van der Waals surface area contributed by atoms with Crippen LogP contribution in [0.4, 0.5) is 0 Å². The second-order valence-electron chi connectivity index (χ2n) is 3.12. The lowest BCUT2D eigenvalue weighted by Gasteiger charge is -1.93. The Morgan fingerprint density at radius 1 is 1.50 bits per heavy atom. The zero-order valence-corrected chi connectivity index (χ0v) is 10.3. The lowest BCUT2D eigenvalue weighted by atomic mass is 10.4. The number of rotatable bonds is 6. The summed E-state index contributed by atoms with van der Waals surface area (Å²) in [5.74, 6) is 2.92. The highest BCUT2D eigenvalue weighted by atomic mass is 32.2. The van der Waals surface area contributed by atoms with Crippen molar-refractivity contribution in [1.82, 2.24) is 10.1 Å². The van der Waals surface area contributed by atoms with Crippen LogP contribution < -0.4 is 0 Å². The van der Waals surface area contributed by atoms with Crippen LogP contribution in [0.1, 0.15) is 12.3 Å². The molecule has 0 saturated carbocycles. The maximum atomic E-state index is 8.63. The largest absolute Gasteiger partial charge is 0.396 e. The van der Waals surface area contributed by atoms with Gasteiger partial charge < -0.3 is 9.63 Å². The molecule has 0 aliphatic carbocycles. The number of thioether (sulfide) groups is 1. The molecule has 2 rings (SSSR count). The molecule has 0 amide bonds. The first kappa shape index (κ1) is 11.6. The fourth-order valence-corrected chi connectivity index (χ4v) is 2.56. The average Bonchev–Trinajstić information content (AvgIpc) is 2.94. The third-order valence-corrected chi connectivity index (χ3v) is 3.78. The summed E-state index contributed by atoms with van der Waals surface area (Å²) in [5.41, 5.74) is 0. The fraction of sp³-hybridized carbons (Fsp3) is 0.400. The molecule has 2 aromatic heterocycles. The van der Waals surface area contributed by atoms with Crippen LogP contribution in [0.25, 0.3) is 10.7 Å². The smallest absolute Gasteiger partial charge is 0.236 e. The van der Waals surface area contributed by atoms with Crippen molar-refractivity contribution in [1.29, 1.82) is 0 Å². The first-order valence-electron chi connectivity index (χ1n) is 4.95. The van der Waals surface area contributed by atoms with Gasteiger partial charge in [0.15, 0.2) is 0 Å². The van der Waals surface area contributed by atoms with Gasteiger partial charge in [0.05, 0.1) is 10.6 Å². The summed E-state index contributed by atoms with van der Waals surface area (Å²) < 4.78 is 5.13. The van der Waals surface area contributed by atoms with Crippen molar-refractivity contribution in [2.75, 3.05) is 12.4 Å². The molecule has 0 bridgehead atoms. The molecule has 0 atom stereocenters. The second kappa shape index (κ2) is 6.03. The molecule has 0 saturated heterocycles. The second-order valence-corrected chi connectivity index (χ2v) is 5.17. The maximum absolute atomic E-state index is 8.63. The van der Waals surface area contributed by atoms with E-state index in [0.717, 1.165) is 17.1 Å². The summed E-state index contributed by atoms with van der Waals surface area (Å²) in [5, 5.41) is 14.5. The molecule has 4 nitrogen and oxygen atoms in total. The summed E-state index contributed by atoms with van der Waals surface area (Å²) >= 11 is 3.29. The van der Waals surface area contributed by atoms with Gasteiger partial charge in [-0.3, -0.25) is 0 Å². The van der Waals surface area contributed by atoms with Crippen molar-refractivity contribution in [3.8, 4) is 10.7 Å². The van der Waals surface area contributed by atoms with Gasteiger partial charge in [-0.25, -0.2) is 0 Å². The van der Waals surface area contributed by atoms with E-state index >= 15 is 0 Å². The van der Waals surface area contributed by atoms with Crippen LogP contribution in [-0.2, 0) is 5.75 Å². The molecule has 2 aromatic rings. The zero-order valence-electron chi connectivity index (χ0n) is 8.63. The van der Waals surface area contributed by atoms with E-state index in [2.05, 4.69) is 10.1 Å². The standard InChI is InChI=1S/C10H12N2O2S2/c13-4-2-5-15-7-9-11-10(12-14-9)8-3-1-6-16-8/h1,3,6,13H,2,4-5,7H2. The van der Waals surface area contributed by atoms with E-state index in [1.54, 1.807) is 23.1 Å². The Morgan fingerprint density at radius 2 is 2.44 bits per heavy atom. The normalized spacial score (nSPS) is 10.8. The van der Waals surface area contributed by atoms with Crippen LogP contribution in [0.5, 0.6) is 0 Å². The minimum Gasteiger partial charge on any atom is -0.396 e. The molecule has 0 aliphatic rings. The number of hydrogen-bond acceptors (Lipinski definition) is 6. The van der Waals surface area contributed by atoms with Crippen LogP contribution in [0.15, 0.2) is 22.0 Å². The highest BCUT2D eigenvalue weighted by Gasteiger charge is 2.08. The number of thiophene rings is 1. The summed E-state index contributed by atoms with van der Waals surface area (Å²) in [6, 6.07) is 3.93. The molecule has 0 fully saturated rings. The zero-order chi connectivity index (χ0) is 11.2. The van der Waals surface area contributed by atoms with Crippen molar-refractivity contribution in [3.63, 3.8) is 0 Å². The van der Waals surface area contributed by atoms with Crippen LogP contribution in [0.2, 0.25) is 0 Å². The highest BCUT2D eigenvalue weighted by Crippen LogP contribution is 2.22. The van der Waals surface area contributed by atoms with Crippen LogP contribution in [0, 0.1) is 0 Å². The summed E-state index contributed by atoms with van der Waals surface area (Å²) in [4.78, 5) is 5.32. The Hall–Kier alpha value is -0.850. The van der Waals surface area contributed by atoms with Crippen molar-refractivity contribution in [3.05, 3.63) is 23.4 Å². The van der Waals surface area contributed by atoms with Crippen molar-refractivity contribution in [2.45, 2.75) is 12.2 Å². The van der Waals surface area contributed by atoms with Gasteiger partial charge in [-0.05, 0) is 23.6 Å². The van der Waals surface area contributed by atoms with E-state index in [4.69, 9.17) is 9.63 Å². The molecule has 86 valence electrons. The van der Waals surface area contributed by atoms with Crippen molar-refractivity contribution < 1.29 is 9.63 Å². The molecule has 0 aromatic carbocycles. The summed E-state index contributed by atoms with van der Waals surface area (Å²) in [6.45, 7) is 0.233. The minimum absolute atomic E-state index is 0.233. The van der Waals surface area contributed by atoms with Gasteiger partial charge >= 0.3 is 0 Å². The predicted molar refractivity (Wildman–Crippen MR) is 65.5 cm³/mol. The molecule has 0 unspecified atom stereocenters. The van der Waals surface area contributed by atoms with E-state index in [9.17, 15) is 0 Å². The molecular formula is C10H12N2O2S2. The third kappa shape index (κ3) is 3.07. The first-order chi connectivity index (χ1) is 7.90. The van der Waals surface area contributed by atoms with Crippen molar-refractivity contribution >= 4 is 23.1 Å². The lowest BCUT2D eigenvalue weighted by molar-refractivity contribution is 0.296. The lowest BCUT2D eigenvalue weighted by Crippen LogP contribution is -1.87.